The quantitative estimate of drug-likeness (QED) is 0.0537. The number of thiocarbonyl (C=S) groups is 2. The van der Waals surface area contributed by atoms with Crippen molar-refractivity contribution in [1.82, 2.24) is 10.6 Å². The normalized spacial score (nSPS) is 9.49. The monoisotopic (exact) mass is 760 g/mol. The molecule has 6 aromatic carbocycles. The molecule has 0 saturated carbocycles. The zero-order valence-electron chi connectivity index (χ0n) is 27.5. The van der Waals surface area contributed by atoms with Gasteiger partial charge in [-0.15, -0.1) is 35.4 Å². The molecule has 6 aromatic rings. The van der Waals surface area contributed by atoms with Crippen LogP contribution in [0.1, 0.15) is 11.1 Å². The van der Waals surface area contributed by atoms with Crippen molar-refractivity contribution in [2.24, 2.45) is 0 Å². The summed E-state index contributed by atoms with van der Waals surface area (Å²) in [7, 11) is 0. The van der Waals surface area contributed by atoms with Crippen LogP contribution in [0, 0.1) is 35.4 Å². The van der Waals surface area contributed by atoms with E-state index in [4.69, 9.17) is 24.4 Å². The molecule has 0 atom stereocenters. The van der Waals surface area contributed by atoms with Crippen LogP contribution in [-0.2, 0) is 34.6 Å². The minimum atomic E-state index is -0.694. The molecule has 4 nitrogen and oxygen atoms in total. The summed E-state index contributed by atoms with van der Waals surface area (Å²) in [4.78, 5) is 0. The van der Waals surface area contributed by atoms with Gasteiger partial charge in [-0.2, -0.15) is 48.5 Å². The Bertz CT molecular complexity index is 1620. The second-order valence-corrected chi connectivity index (χ2v) is 11.0. The number of hydrogen-bond donors (Lipinski definition) is 4. The van der Waals surface area contributed by atoms with E-state index in [1.807, 2.05) is 133 Å². The van der Waals surface area contributed by atoms with Crippen molar-refractivity contribution in [1.29, 1.82) is 0 Å². The van der Waals surface area contributed by atoms with Gasteiger partial charge in [-0.05, 0) is 48.7 Å². The Balaban J connectivity index is 0.000000273. The fourth-order valence-corrected chi connectivity index (χ4v) is 4.43. The Morgan fingerprint density at radius 1 is 0.510 bits per heavy atom. The SMILES string of the molecule is Fc1[c-]c(F)c(CCNC(=S)Nc2ccccc2)cc1.Fc1[c-]c(F)c(CCNC(=S)Nc2ccccc2)cc1.[Ti+4].c1cc[cH-]c1.c1cc[cH-]c1. The number of nitrogens with one attached hydrogen (secondary N) is 4. The van der Waals surface area contributed by atoms with E-state index >= 15 is 0 Å². The predicted octanol–water partition coefficient (Wildman–Crippen LogP) is 9.40. The van der Waals surface area contributed by atoms with E-state index in [1.54, 1.807) is 0 Å². The summed E-state index contributed by atoms with van der Waals surface area (Å²) in [6.45, 7) is 0.907. The summed E-state index contributed by atoms with van der Waals surface area (Å²) < 4.78 is 52.1. The molecule has 0 saturated heterocycles. The first-order valence-corrected chi connectivity index (χ1v) is 16.4. The topological polar surface area (TPSA) is 48.1 Å². The second kappa shape index (κ2) is 25.4. The average molecular weight is 761 g/mol. The molecule has 0 heterocycles. The van der Waals surface area contributed by atoms with Gasteiger partial charge in [0.1, 0.15) is 0 Å². The summed E-state index contributed by atoms with van der Waals surface area (Å²) in [5.74, 6) is -2.71. The van der Waals surface area contributed by atoms with E-state index in [-0.39, 0.29) is 21.7 Å². The maximum Gasteiger partial charge on any atom is 4.00 e. The predicted molar refractivity (Wildman–Crippen MR) is 203 cm³/mol. The number of rotatable bonds is 8. The molecule has 0 aliphatic carbocycles. The summed E-state index contributed by atoms with van der Waals surface area (Å²) in [6, 6.07) is 48.2. The van der Waals surface area contributed by atoms with Crippen LogP contribution in [0.5, 0.6) is 0 Å². The molecule has 260 valence electrons. The third-order valence-corrected chi connectivity index (χ3v) is 6.91. The Labute approximate surface area is 322 Å². The van der Waals surface area contributed by atoms with Gasteiger partial charge in [-0.25, -0.2) is 41.8 Å². The van der Waals surface area contributed by atoms with Crippen molar-refractivity contribution in [3.63, 3.8) is 0 Å². The van der Waals surface area contributed by atoms with Crippen molar-refractivity contribution in [3.8, 4) is 0 Å². The fourth-order valence-electron chi connectivity index (χ4n) is 3.99. The van der Waals surface area contributed by atoms with E-state index in [2.05, 4.69) is 21.3 Å². The Morgan fingerprint density at radius 3 is 1.16 bits per heavy atom. The zero-order chi connectivity index (χ0) is 35.8. The largest absolute Gasteiger partial charge is 4.00 e. The number of hydrogen-bond acceptors (Lipinski definition) is 2. The third kappa shape index (κ3) is 18.8. The summed E-state index contributed by atoms with van der Waals surface area (Å²) in [5, 5.41) is 12.9. The zero-order valence-corrected chi connectivity index (χ0v) is 30.7. The molecule has 0 fully saturated rings. The molecule has 0 amide bonds. The van der Waals surface area contributed by atoms with Crippen molar-refractivity contribution < 1.29 is 39.3 Å². The Kier molecular flexibility index (Phi) is 21.2. The van der Waals surface area contributed by atoms with E-state index < -0.39 is 23.3 Å². The first-order valence-electron chi connectivity index (χ1n) is 15.6. The van der Waals surface area contributed by atoms with Crippen molar-refractivity contribution in [2.75, 3.05) is 23.7 Å². The number of halogens is 4. The first kappa shape index (κ1) is 42.6. The minimum Gasteiger partial charge on any atom is -0.363 e. The smallest absolute Gasteiger partial charge is 0.363 e. The van der Waals surface area contributed by atoms with E-state index in [0.29, 0.717) is 47.3 Å². The van der Waals surface area contributed by atoms with Crippen LogP contribution in [-0.4, -0.2) is 23.3 Å². The number of anilines is 2. The van der Waals surface area contributed by atoms with Gasteiger partial charge in [0.2, 0.25) is 0 Å². The standard InChI is InChI=1S/2C15H13F2N2S.2C5H5.Ti/c2*16-12-7-6-11(14(17)10-12)8-9-18-15(20)19-13-4-2-1-3-5-13;2*1-2-4-5-3-1;/h2*1-7H,8-9H2,(H2,18,19,20);2*1-5H;/q4*-1;+4. The maximum atomic E-state index is 13.3. The van der Waals surface area contributed by atoms with Crippen LogP contribution in [0.2, 0.25) is 0 Å². The van der Waals surface area contributed by atoms with E-state index in [9.17, 15) is 17.6 Å². The van der Waals surface area contributed by atoms with Crippen molar-refractivity contribution in [3.05, 3.63) is 192 Å². The molecule has 0 aliphatic rings. The number of benzene rings is 4. The molecule has 0 aromatic heterocycles. The van der Waals surface area contributed by atoms with E-state index in [1.165, 1.54) is 24.3 Å². The molecule has 0 radical (unpaired) electrons. The molecule has 51 heavy (non-hydrogen) atoms. The van der Waals surface area contributed by atoms with Gasteiger partial charge in [0.15, 0.2) is 10.2 Å². The van der Waals surface area contributed by atoms with Gasteiger partial charge in [-0.3, -0.25) is 0 Å². The van der Waals surface area contributed by atoms with Crippen LogP contribution in [0.3, 0.4) is 0 Å². The Morgan fingerprint density at radius 2 is 0.863 bits per heavy atom. The molecule has 6 rings (SSSR count). The van der Waals surface area contributed by atoms with Gasteiger partial charge >= 0.3 is 21.7 Å². The summed E-state index contributed by atoms with van der Waals surface area (Å²) >= 11 is 10.2. The average Bonchev–Trinajstić information content (AvgIpc) is 3.89. The van der Waals surface area contributed by atoms with E-state index in [0.717, 1.165) is 11.4 Å². The van der Waals surface area contributed by atoms with Crippen LogP contribution in [0.25, 0.3) is 0 Å². The van der Waals surface area contributed by atoms with Crippen LogP contribution >= 0.6 is 24.4 Å². The van der Waals surface area contributed by atoms with Gasteiger partial charge in [0.25, 0.3) is 0 Å². The second-order valence-electron chi connectivity index (χ2n) is 10.2. The van der Waals surface area contributed by atoms with Crippen molar-refractivity contribution in [2.45, 2.75) is 12.8 Å². The molecule has 4 N–H and O–H groups in total. The molecular weight excluding hydrogens is 724 g/mol. The van der Waals surface area contributed by atoms with Gasteiger partial charge < -0.3 is 21.3 Å². The van der Waals surface area contributed by atoms with Gasteiger partial charge in [0, 0.05) is 47.7 Å². The van der Waals surface area contributed by atoms with Gasteiger partial charge in [-0.1, -0.05) is 49.2 Å². The number of para-hydroxylation sites is 2. The minimum absolute atomic E-state index is 0. The molecule has 11 heteroatoms. The fraction of sp³-hybridized carbons (Fsp3) is 0.100. The van der Waals surface area contributed by atoms with Crippen molar-refractivity contribution >= 4 is 46.0 Å². The summed E-state index contributed by atoms with van der Waals surface area (Å²) in [6.07, 6.45) is 0.804. The first-order chi connectivity index (χ1) is 24.3. The summed E-state index contributed by atoms with van der Waals surface area (Å²) in [5.41, 5.74) is 2.57. The molecular formula is C40H36F4N4S2Ti. The Hall–Kier alpha value is -4.61. The maximum absolute atomic E-state index is 13.3. The molecule has 0 spiro atoms. The van der Waals surface area contributed by atoms with Crippen LogP contribution < -0.4 is 21.3 Å². The van der Waals surface area contributed by atoms with Gasteiger partial charge in [0.05, 0.1) is 0 Å². The molecule has 0 bridgehead atoms. The van der Waals surface area contributed by atoms with Crippen LogP contribution in [0.4, 0.5) is 28.9 Å². The molecule has 0 aliphatic heterocycles. The van der Waals surface area contributed by atoms with Crippen LogP contribution in [0.15, 0.2) is 146 Å². The third-order valence-electron chi connectivity index (χ3n) is 6.42. The molecule has 0 unspecified atom stereocenters.